The molecule has 0 saturated heterocycles. The molecule has 0 spiro atoms. The second kappa shape index (κ2) is 4.80. The summed E-state index contributed by atoms with van der Waals surface area (Å²) in [4.78, 5) is 7.21. The van der Waals surface area contributed by atoms with E-state index in [2.05, 4.69) is 25.0 Å². The van der Waals surface area contributed by atoms with Gasteiger partial charge in [0.2, 0.25) is 6.39 Å². The largest absolute Gasteiger partial charge is 0.356 e. The Labute approximate surface area is 108 Å². The number of para-hydroxylation sites is 1. The number of fused-ring (bicyclic) bond motifs is 1. The lowest BCUT2D eigenvalue weighted by molar-refractivity contribution is 0.407. The molecule has 5 nitrogen and oxygen atoms in total. The van der Waals surface area contributed by atoms with Gasteiger partial charge in [0.25, 0.3) is 0 Å². The molecule has 6 heteroatoms. The first kappa shape index (κ1) is 11.3. The Bertz CT molecular complexity index is 647. The van der Waals surface area contributed by atoms with Crippen LogP contribution in [0.15, 0.2) is 35.2 Å². The summed E-state index contributed by atoms with van der Waals surface area (Å²) in [7, 11) is 0. The Morgan fingerprint density at radius 2 is 2.17 bits per heavy atom. The Hall–Kier alpha value is -1.85. The van der Waals surface area contributed by atoms with Crippen molar-refractivity contribution in [1.82, 2.24) is 20.4 Å². The number of nitrogens with one attached hydrogen (secondary N) is 2. The Morgan fingerprint density at radius 3 is 2.94 bits per heavy atom. The molecule has 0 radical (unpaired) electrons. The fourth-order valence-electron chi connectivity index (χ4n) is 1.85. The van der Waals surface area contributed by atoms with Crippen LogP contribution in [-0.2, 0) is 13.1 Å². The minimum Gasteiger partial charge on any atom is -0.356 e. The van der Waals surface area contributed by atoms with Gasteiger partial charge in [0.15, 0.2) is 5.82 Å². The van der Waals surface area contributed by atoms with Crippen molar-refractivity contribution < 1.29 is 4.52 Å². The van der Waals surface area contributed by atoms with Crippen LogP contribution in [0.4, 0.5) is 0 Å². The summed E-state index contributed by atoms with van der Waals surface area (Å²) in [5, 5.41) is 8.72. The predicted molar refractivity (Wildman–Crippen MR) is 68.2 cm³/mol. The van der Waals surface area contributed by atoms with E-state index in [1.165, 1.54) is 6.39 Å². The van der Waals surface area contributed by atoms with Crippen molar-refractivity contribution in [1.29, 1.82) is 0 Å². The van der Waals surface area contributed by atoms with Crippen molar-refractivity contribution in [3.05, 3.63) is 47.2 Å². The fraction of sp³-hybridized carbons (Fsp3) is 0.167. The molecule has 0 aliphatic heterocycles. The lowest BCUT2D eigenvalue weighted by Gasteiger charge is -2.00. The Morgan fingerprint density at radius 1 is 1.28 bits per heavy atom. The first-order valence-electron chi connectivity index (χ1n) is 5.55. The highest BCUT2D eigenvalue weighted by Gasteiger charge is 2.08. The van der Waals surface area contributed by atoms with Gasteiger partial charge in [-0.15, -0.1) is 0 Å². The third-order valence-corrected chi connectivity index (χ3v) is 3.14. The molecule has 18 heavy (non-hydrogen) atoms. The van der Waals surface area contributed by atoms with E-state index in [1.54, 1.807) is 0 Å². The molecule has 0 aliphatic carbocycles. The highest BCUT2D eigenvalue weighted by atomic mass is 35.5. The average molecular weight is 263 g/mol. The molecule has 2 aromatic heterocycles. The van der Waals surface area contributed by atoms with Crippen molar-refractivity contribution in [2.75, 3.05) is 0 Å². The summed E-state index contributed by atoms with van der Waals surface area (Å²) in [5.41, 5.74) is 2.00. The summed E-state index contributed by atoms with van der Waals surface area (Å²) >= 11 is 6.30. The molecule has 0 aliphatic rings. The number of benzene rings is 1. The van der Waals surface area contributed by atoms with Crippen LogP contribution in [0.3, 0.4) is 0 Å². The summed E-state index contributed by atoms with van der Waals surface area (Å²) in [6.07, 6.45) is 1.31. The van der Waals surface area contributed by atoms with E-state index in [4.69, 9.17) is 11.6 Å². The highest BCUT2D eigenvalue weighted by molar-refractivity contribution is 6.36. The smallest absolute Gasteiger partial charge is 0.213 e. The maximum Gasteiger partial charge on any atom is 0.213 e. The average Bonchev–Trinajstić information content (AvgIpc) is 3.00. The molecule has 2 N–H and O–H groups in total. The monoisotopic (exact) mass is 262 g/mol. The number of nitrogens with zero attached hydrogens (tertiary/aromatic N) is 2. The molecule has 3 rings (SSSR count). The first-order chi connectivity index (χ1) is 8.84. The van der Waals surface area contributed by atoms with Crippen molar-refractivity contribution in [2.45, 2.75) is 13.1 Å². The van der Waals surface area contributed by atoms with Gasteiger partial charge in [-0.1, -0.05) is 35.0 Å². The van der Waals surface area contributed by atoms with Gasteiger partial charge in [0, 0.05) is 23.1 Å². The van der Waals surface area contributed by atoms with Gasteiger partial charge in [0.05, 0.1) is 11.6 Å². The molecule has 0 amide bonds. The summed E-state index contributed by atoms with van der Waals surface area (Å²) in [5.74, 6) is 0.627. The number of halogens is 1. The molecule has 0 bridgehead atoms. The number of hydrogen-bond acceptors (Lipinski definition) is 4. The van der Waals surface area contributed by atoms with E-state index in [0.717, 1.165) is 21.6 Å². The Kier molecular flexibility index (Phi) is 3.00. The van der Waals surface area contributed by atoms with Crippen LogP contribution in [0.2, 0.25) is 5.02 Å². The van der Waals surface area contributed by atoms with E-state index < -0.39 is 0 Å². The van der Waals surface area contributed by atoms with Gasteiger partial charge in [-0.3, -0.25) is 0 Å². The molecule has 92 valence electrons. The van der Waals surface area contributed by atoms with Crippen LogP contribution in [-0.4, -0.2) is 15.1 Å². The highest BCUT2D eigenvalue weighted by Crippen LogP contribution is 2.26. The molecule has 3 aromatic rings. The third kappa shape index (κ3) is 2.10. The second-order valence-corrected chi connectivity index (χ2v) is 4.29. The fourth-order valence-corrected chi connectivity index (χ4v) is 2.13. The number of hydrogen-bond donors (Lipinski definition) is 2. The zero-order chi connectivity index (χ0) is 12.4. The van der Waals surface area contributed by atoms with E-state index in [-0.39, 0.29) is 0 Å². The number of rotatable bonds is 4. The SMILES string of the molecule is Clc1c(CNCc2ncon2)[nH]c2ccccc12. The molecule has 0 atom stereocenters. The molecular formula is C12H11ClN4O. The third-order valence-electron chi connectivity index (χ3n) is 2.71. The quantitative estimate of drug-likeness (QED) is 0.758. The molecule has 0 saturated carbocycles. The van der Waals surface area contributed by atoms with Crippen LogP contribution < -0.4 is 5.32 Å². The summed E-state index contributed by atoms with van der Waals surface area (Å²) in [6.45, 7) is 1.17. The number of H-pyrrole nitrogens is 1. The van der Waals surface area contributed by atoms with Gasteiger partial charge < -0.3 is 14.8 Å². The molecular weight excluding hydrogens is 252 g/mol. The minimum absolute atomic E-state index is 0.544. The second-order valence-electron chi connectivity index (χ2n) is 3.91. The standard InChI is InChI=1S/C12H11ClN4O/c13-12-8-3-1-2-4-9(8)16-10(12)5-14-6-11-15-7-18-17-11/h1-4,7,14,16H,5-6H2. The molecule has 0 unspecified atom stereocenters. The Balaban J connectivity index is 1.73. The zero-order valence-corrected chi connectivity index (χ0v) is 10.2. The summed E-state index contributed by atoms with van der Waals surface area (Å²) in [6, 6.07) is 7.95. The van der Waals surface area contributed by atoms with Gasteiger partial charge in [0.1, 0.15) is 0 Å². The van der Waals surface area contributed by atoms with Gasteiger partial charge in [-0.05, 0) is 6.07 Å². The van der Waals surface area contributed by atoms with Gasteiger partial charge in [-0.2, -0.15) is 4.98 Å². The lowest BCUT2D eigenvalue weighted by Crippen LogP contribution is -2.14. The van der Waals surface area contributed by atoms with Crippen molar-refractivity contribution in [2.24, 2.45) is 0 Å². The maximum absolute atomic E-state index is 6.30. The van der Waals surface area contributed by atoms with E-state index in [9.17, 15) is 0 Å². The molecule has 2 heterocycles. The molecule has 1 aromatic carbocycles. The molecule has 0 fully saturated rings. The van der Waals surface area contributed by atoms with Gasteiger partial charge in [-0.25, -0.2) is 0 Å². The van der Waals surface area contributed by atoms with Crippen LogP contribution in [0.1, 0.15) is 11.5 Å². The number of aromatic nitrogens is 3. The van der Waals surface area contributed by atoms with E-state index >= 15 is 0 Å². The zero-order valence-electron chi connectivity index (χ0n) is 9.48. The van der Waals surface area contributed by atoms with Crippen molar-refractivity contribution >= 4 is 22.5 Å². The number of aromatic amines is 1. The predicted octanol–water partition coefficient (Wildman–Crippen LogP) is 2.49. The van der Waals surface area contributed by atoms with Crippen LogP contribution >= 0.6 is 11.6 Å². The lowest BCUT2D eigenvalue weighted by atomic mass is 10.2. The van der Waals surface area contributed by atoms with Gasteiger partial charge >= 0.3 is 0 Å². The van der Waals surface area contributed by atoms with Crippen molar-refractivity contribution in [3.63, 3.8) is 0 Å². The van der Waals surface area contributed by atoms with Crippen LogP contribution in [0, 0.1) is 0 Å². The minimum atomic E-state index is 0.544. The maximum atomic E-state index is 6.30. The van der Waals surface area contributed by atoms with Crippen LogP contribution in [0.5, 0.6) is 0 Å². The summed E-state index contributed by atoms with van der Waals surface area (Å²) < 4.78 is 4.65. The normalized spacial score (nSPS) is 11.2. The topological polar surface area (TPSA) is 66.7 Å². The first-order valence-corrected chi connectivity index (χ1v) is 5.93. The van der Waals surface area contributed by atoms with E-state index in [0.29, 0.717) is 18.9 Å². The van der Waals surface area contributed by atoms with Crippen LogP contribution in [0.25, 0.3) is 10.9 Å². The van der Waals surface area contributed by atoms with E-state index in [1.807, 2.05) is 24.3 Å². The van der Waals surface area contributed by atoms with Crippen molar-refractivity contribution in [3.8, 4) is 0 Å².